The van der Waals surface area contributed by atoms with Crippen molar-refractivity contribution >= 4 is 45.6 Å². The summed E-state index contributed by atoms with van der Waals surface area (Å²) in [5.41, 5.74) is 2.76. The van der Waals surface area contributed by atoms with Gasteiger partial charge in [-0.15, -0.1) is 0 Å². The number of fused-ring (bicyclic) bond motifs is 1. The quantitative estimate of drug-likeness (QED) is 0.387. The van der Waals surface area contributed by atoms with Gasteiger partial charge >= 0.3 is 0 Å². The van der Waals surface area contributed by atoms with Crippen LogP contribution >= 0.6 is 23.2 Å². The van der Waals surface area contributed by atoms with Gasteiger partial charge in [0.05, 0.1) is 5.69 Å². The van der Waals surface area contributed by atoms with Gasteiger partial charge in [0.2, 0.25) is 5.78 Å². The second-order valence-corrected chi connectivity index (χ2v) is 6.93. The van der Waals surface area contributed by atoms with E-state index in [-0.39, 0.29) is 11.5 Å². The van der Waals surface area contributed by atoms with Crippen LogP contribution in [0.15, 0.2) is 77.2 Å². The summed E-state index contributed by atoms with van der Waals surface area (Å²) < 4.78 is 5.89. The first-order chi connectivity index (χ1) is 13.1. The van der Waals surface area contributed by atoms with Crippen molar-refractivity contribution in [2.45, 2.75) is 6.54 Å². The zero-order valence-corrected chi connectivity index (χ0v) is 15.7. The highest BCUT2D eigenvalue weighted by molar-refractivity contribution is 6.35. The van der Waals surface area contributed by atoms with E-state index in [1.165, 1.54) is 0 Å². The normalized spacial score (nSPS) is 10.9. The van der Waals surface area contributed by atoms with E-state index in [9.17, 15) is 4.79 Å². The highest BCUT2D eigenvalue weighted by Crippen LogP contribution is 2.33. The molecule has 5 heteroatoms. The van der Waals surface area contributed by atoms with Crippen LogP contribution in [0.1, 0.15) is 21.7 Å². The van der Waals surface area contributed by atoms with E-state index in [0.29, 0.717) is 33.4 Å². The minimum atomic E-state index is -0.170. The molecule has 0 spiro atoms. The van der Waals surface area contributed by atoms with Gasteiger partial charge in [0.25, 0.3) is 0 Å². The molecule has 1 aromatic heterocycles. The first-order valence-corrected chi connectivity index (χ1v) is 9.18. The molecule has 0 saturated carbocycles. The average molecular weight is 396 g/mol. The van der Waals surface area contributed by atoms with Crippen molar-refractivity contribution in [3.8, 4) is 0 Å². The van der Waals surface area contributed by atoms with Crippen LogP contribution in [0, 0.1) is 0 Å². The smallest absolute Gasteiger partial charge is 0.230 e. The number of hydrogen-bond donors (Lipinski definition) is 1. The maximum atomic E-state index is 13.0. The number of carbonyl (C=O) groups excluding carboxylic acids is 1. The Morgan fingerprint density at radius 3 is 2.44 bits per heavy atom. The second kappa shape index (κ2) is 7.47. The Bertz CT molecular complexity index is 1120. The summed E-state index contributed by atoms with van der Waals surface area (Å²) >= 11 is 12.2. The zero-order valence-electron chi connectivity index (χ0n) is 14.2. The van der Waals surface area contributed by atoms with Crippen molar-refractivity contribution in [3.05, 3.63) is 99.7 Å². The summed E-state index contributed by atoms with van der Waals surface area (Å²) in [5, 5.41) is 5.32. The number of ketones is 1. The second-order valence-electron chi connectivity index (χ2n) is 6.09. The zero-order chi connectivity index (χ0) is 18.8. The molecule has 0 bridgehead atoms. The molecular formula is C22H15Cl2NO2. The molecule has 0 unspecified atom stereocenters. The maximum absolute atomic E-state index is 13.0. The van der Waals surface area contributed by atoms with Crippen LogP contribution < -0.4 is 5.32 Å². The van der Waals surface area contributed by atoms with Gasteiger partial charge in [-0.05, 0) is 29.8 Å². The van der Waals surface area contributed by atoms with Gasteiger partial charge in [0, 0.05) is 27.5 Å². The third-order valence-electron chi connectivity index (χ3n) is 4.31. The lowest BCUT2D eigenvalue weighted by Crippen LogP contribution is -2.06. The van der Waals surface area contributed by atoms with E-state index in [4.69, 9.17) is 27.6 Å². The highest BCUT2D eigenvalue weighted by Gasteiger charge is 2.21. The number of furan rings is 1. The largest absolute Gasteiger partial charge is 0.450 e. The van der Waals surface area contributed by atoms with Crippen molar-refractivity contribution in [2.24, 2.45) is 0 Å². The minimum absolute atomic E-state index is 0.170. The number of hydrogen-bond acceptors (Lipinski definition) is 3. The van der Waals surface area contributed by atoms with Gasteiger partial charge < -0.3 is 9.73 Å². The lowest BCUT2D eigenvalue weighted by molar-refractivity contribution is 0.101. The van der Waals surface area contributed by atoms with Crippen LogP contribution in [-0.4, -0.2) is 5.78 Å². The molecule has 0 fully saturated rings. The molecule has 0 atom stereocenters. The third kappa shape index (κ3) is 3.57. The van der Waals surface area contributed by atoms with Crippen LogP contribution in [0.25, 0.3) is 11.0 Å². The summed E-state index contributed by atoms with van der Waals surface area (Å²) in [6.07, 6.45) is 0. The first-order valence-electron chi connectivity index (χ1n) is 8.42. The molecule has 0 aliphatic rings. The van der Waals surface area contributed by atoms with Crippen molar-refractivity contribution in [1.29, 1.82) is 0 Å². The number of rotatable bonds is 5. The lowest BCUT2D eigenvalue weighted by atomic mass is 10.1. The molecule has 0 saturated heterocycles. The Morgan fingerprint density at radius 2 is 1.67 bits per heavy atom. The number of nitrogens with one attached hydrogen (secondary N) is 1. The number of benzene rings is 3. The number of anilines is 1. The third-order valence-corrected chi connectivity index (χ3v) is 4.90. The summed E-state index contributed by atoms with van der Waals surface area (Å²) in [6.45, 7) is 0.439. The Hall–Kier alpha value is -2.75. The topological polar surface area (TPSA) is 42.2 Å². The fourth-order valence-electron chi connectivity index (χ4n) is 2.95. The van der Waals surface area contributed by atoms with Crippen LogP contribution in [0.4, 0.5) is 5.69 Å². The number of halogens is 2. The standard InChI is InChI=1S/C22H15Cl2NO2/c23-16-11-10-15(18(24)12-16)13-25-20-17-8-4-5-9-19(17)27-22(20)21(26)14-6-2-1-3-7-14/h1-12,25H,13H2. The molecule has 134 valence electrons. The molecular weight excluding hydrogens is 381 g/mol. The molecule has 3 aromatic carbocycles. The minimum Gasteiger partial charge on any atom is -0.450 e. The predicted molar refractivity (Wildman–Crippen MR) is 110 cm³/mol. The molecule has 0 amide bonds. The van der Waals surface area contributed by atoms with Crippen molar-refractivity contribution in [2.75, 3.05) is 5.32 Å². The summed E-state index contributed by atoms with van der Waals surface area (Å²) in [4.78, 5) is 13.0. The van der Waals surface area contributed by atoms with Gasteiger partial charge in [0.1, 0.15) is 5.58 Å². The Kier molecular flexibility index (Phi) is 4.88. The fourth-order valence-corrected chi connectivity index (χ4v) is 3.43. The van der Waals surface area contributed by atoms with Gasteiger partial charge in [0.15, 0.2) is 5.76 Å². The van der Waals surface area contributed by atoms with Crippen molar-refractivity contribution in [3.63, 3.8) is 0 Å². The predicted octanol–water partition coefficient (Wildman–Crippen LogP) is 6.58. The van der Waals surface area contributed by atoms with E-state index in [2.05, 4.69) is 5.32 Å². The van der Waals surface area contributed by atoms with Gasteiger partial charge in [-0.2, -0.15) is 0 Å². The summed E-state index contributed by atoms with van der Waals surface area (Å²) in [7, 11) is 0. The maximum Gasteiger partial charge on any atom is 0.230 e. The van der Waals surface area contributed by atoms with Crippen molar-refractivity contribution < 1.29 is 9.21 Å². The number of para-hydroxylation sites is 1. The molecule has 3 nitrogen and oxygen atoms in total. The molecule has 0 radical (unpaired) electrons. The molecule has 27 heavy (non-hydrogen) atoms. The van der Waals surface area contributed by atoms with Gasteiger partial charge in [-0.1, -0.05) is 71.7 Å². The highest BCUT2D eigenvalue weighted by atomic mass is 35.5. The lowest BCUT2D eigenvalue weighted by Gasteiger charge is -2.09. The molecule has 0 aliphatic heterocycles. The van der Waals surface area contributed by atoms with Crippen molar-refractivity contribution in [1.82, 2.24) is 0 Å². The molecule has 4 aromatic rings. The van der Waals surface area contributed by atoms with Crippen LogP contribution in [0.2, 0.25) is 10.0 Å². The first kappa shape index (κ1) is 17.7. The number of carbonyl (C=O) groups is 1. The SMILES string of the molecule is O=C(c1ccccc1)c1oc2ccccc2c1NCc1ccc(Cl)cc1Cl. The fraction of sp³-hybridized carbons (Fsp3) is 0.0455. The van der Waals surface area contributed by atoms with Crippen LogP contribution in [-0.2, 0) is 6.54 Å². The molecule has 4 rings (SSSR count). The van der Waals surface area contributed by atoms with Gasteiger partial charge in [-0.25, -0.2) is 0 Å². The van der Waals surface area contributed by atoms with Gasteiger partial charge in [-0.3, -0.25) is 4.79 Å². The van der Waals surface area contributed by atoms with Crippen LogP contribution in [0.5, 0.6) is 0 Å². The average Bonchev–Trinajstić information content (AvgIpc) is 3.06. The molecule has 1 heterocycles. The molecule has 1 N–H and O–H groups in total. The van der Waals surface area contributed by atoms with E-state index >= 15 is 0 Å². The Morgan fingerprint density at radius 1 is 0.926 bits per heavy atom. The summed E-state index contributed by atoms with van der Waals surface area (Å²) in [6, 6.07) is 22.0. The van der Waals surface area contributed by atoms with E-state index < -0.39 is 0 Å². The van der Waals surface area contributed by atoms with E-state index in [1.807, 2.05) is 48.5 Å². The Balaban J connectivity index is 1.73. The van der Waals surface area contributed by atoms with Crippen LogP contribution in [0.3, 0.4) is 0 Å². The van der Waals surface area contributed by atoms with E-state index in [1.54, 1.807) is 24.3 Å². The summed E-state index contributed by atoms with van der Waals surface area (Å²) in [5.74, 6) is 0.115. The monoisotopic (exact) mass is 395 g/mol. The Labute approximate surface area is 166 Å². The van der Waals surface area contributed by atoms with E-state index in [0.717, 1.165) is 10.9 Å². The molecule has 0 aliphatic carbocycles.